The third kappa shape index (κ3) is 4.42. The maximum Gasteiger partial charge on any atom is 0.453 e. The molecule has 0 heterocycles. The Bertz CT molecular complexity index is 353. The van der Waals surface area contributed by atoms with E-state index in [0.29, 0.717) is 0 Å². The summed E-state index contributed by atoms with van der Waals surface area (Å²) in [5.41, 5.74) is 0. The Morgan fingerprint density at radius 3 is 1.93 bits per heavy atom. The fraction of sp³-hybridized carbons (Fsp3) is 0.833. The summed E-state index contributed by atoms with van der Waals surface area (Å²) in [6.45, 7) is 0. The highest BCUT2D eigenvalue weighted by Crippen LogP contribution is 2.38. The molecule has 88 valence electrons. The number of nitrogens with zero attached hydrogens (tertiary/aromatic N) is 1. The second-order valence-corrected chi connectivity index (χ2v) is 4.89. The van der Waals surface area contributed by atoms with Crippen LogP contribution >= 0.6 is 0 Å². The molecule has 0 saturated heterocycles. The largest absolute Gasteiger partial charge is 0.453 e. The molecule has 3 nitrogen and oxygen atoms in total. The SMILES string of the molecule is N#CCS(=O)(=O)CCC(F)(F)C(F)(F)F. The Kier molecular flexibility index (Phi) is 4.04. The predicted molar refractivity (Wildman–Crippen MR) is 39.9 cm³/mol. The van der Waals surface area contributed by atoms with Crippen LogP contribution in [0.5, 0.6) is 0 Å². The topological polar surface area (TPSA) is 57.9 Å². The smallest absolute Gasteiger partial charge is 0.228 e. The number of nitriles is 1. The molecule has 0 amide bonds. The minimum atomic E-state index is -5.77. The van der Waals surface area contributed by atoms with E-state index in [-0.39, 0.29) is 0 Å². The van der Waals surface area contributed by atoms with Crippen molar-refractivity contribution in [3.8, 4) is 6.07 Å². The standard InChI is InChI=1S/C6H6F5NO2S/c7-5(8,6(9,10)11)1-3-15(13,14)4-2-12/h1,3-4H2. The Balaban J connectivity index is 4.49. The molecule has 0 bridgehead atoms. The Morgan fingerprint density at radius 1 is 1.13 bits per heavy atom. The van der Waals surface area contributed by atoms with Gasteiger partial charge in [-0.2, -0.15) is 27.2 Å². The van der Waals surface area contributed by atoms with Crippen molar-refractivity contribution in [2.24, 2.45) is 0 Å². The summed E-state index contributed by atoms with van der Waals surface area (Å²) in [7, 11) is -4.17. The highest BCUT2D eigenvalue weighted by molar-refractivity contribution is 7.91. The maximum atomic E-state index is 12.2. The zero-order valence-corrected chi connectivity index (χ0v) is 8.00. The van der Waals surface area contributed by atoms with Crippen LogP contribution in [0, 0.1) is 11.3 Å². The average Bonchev–Trinajstić information content (AvgIpc) is 1.99. The first-order valence-electron chi connectivity index (χ1n) is 3.54. The van der Waals surface area contributed by atoms with Crippen LogP contribution in [-0.2, 0) is 9.84 Å². The van der Waals surface area contributed by atoms with Crippen molar-refractivity contribution in [2.75, 3.05) is 11.5 Å². The van der Waals surface area contributed by atoms with Crippen molar-refractivity contribution < 1.29 is 30.4 Å². The van der Waals surface area contributed by atoms with Crippen molar-refractivity contribution >= 4 is 9.84 Å². The second kappa shape index (κ2) is 4.30. The van der Waals surface area contributed by atoms with E-state index in [0.717, 1.165) is 0 Å². The molecule has 0 spiro atoms. The molecule has 0 aliphatic carbocycles. The zero-order chi connectivity index (χ0) is 12.3. The lowest BCUT2D eigenvalue weighted by atomic mass is 10.2. The molecule has 0 atom stereocenters. The van der Waals surface area contributed by atoms with Crippen LogP contribution in [0.3, 0.4) is 0 Å². The molecule has 0 fully saturated rings. The van der Waals surface area contributed by atoms with E-state index in [1.54, 1.807) is 0 Å². The van der Waals surface area contributed by atoms with Gasteiger partial charge in [-0.1, -0.05) is 0 Å². The monoisotopic (exact) mass is 251 g/mol. The maximum absolute atomic E-state index is 12.2. The van der Waals surface area contributed by atoms with E-state index in [1.807, 2.05) is 0 Å². The molecule has 0 aromatic heterocycles. The highest BCUT2D eigenvalue weighted by atomic mass is 32.2. The third-order valence-corrected chi connectivity index (χ3v) is 2.82. The molecule has 0 radical (unpaired) electrons. The van der Waals surface area contributed by atoms with Gasteiger partial charge in [0.1, 0.15) is 5.75 Å². The zero-order valence-electron chi connectivity index (χ0n) is 7.18. The van der Waals surface area contributed by atoms with E-state index in [9.17, 15) is 30.4 Å². The van der Waals surface area contributed by atoms with E-state index in [2.05, 4.69) is 0 Å². The van der Waals surface area contributed by atoms with Gasteiger partial charge in [0.25, 0.3) is 0 Å². The quantitative estimate of drug-likeness (QED) is 0.711. The fourth-order valence-corrected chi connectivity index (χ4v) is 1.50. The Labute approximate surface area is 82.4 Å². The van der Waals surface area contributed by atoms with Crippen molar-refractivity contribution in [3.63, 3.8) is 0 Å². The van der Waals surface area contributed by atoms with Gasteiger partial charge in [-0.15, -0.1) is 0 Å². The lowest BCUT2D eigenvalue weighted by Crippen LogP contribution is -2.38. The number of hydrogen-bond donors (Lipinski definition) is 0. The molecular weight excluding hydrogens is 245 g/mol. The molecule has 15 heavy (non-hydrogen) atoms. The Morgan fingerprint density at radius 2 is 1.60 bits per heavy atom. The van der Waals surface area contributed by atoms with Gasteiger partial charge in [0.2, 0.25) is 0 Å². The molecular formula is C6H6F5NO2S. The van der Waals surface area contributed by atoms with E-state index >= 15 is 0 Å². The van der Waals surface area contributed by atoms with Crippen molar-refractivity contribution in [1.82, 2.24) is 0 Å². The molecule has 0 unspecified atom stereocenters. The lowest BCUT2D eigenvalue weighted by Gasteiger charge is -2.18. The van der Waals surface area contributed by atoms with E-state index in [4.69, 9.17) is 5.26 Å². The number of sulfone groups is 1. The van der Waals surface area contributed by atoms with Gasteiger partial charge in [-0.25, -0.2) is 8.42 Å². The Hall–Kier alpha value is -0.910. The van der Waals surface area contributed by atoms with Gasteiger partial charge >= 0.3 is 12.1 Å². The molecule has 0 aliphatic heterocycles. The first kappa shape index (κ1) is 14.1. The van der Waals surface area contributed by atoms with Crippen molar-refractivity contribution in [3.05, 3.63) is 0 Å². The van der Waals surface area contributed by atoms with Gasteiger partial charge in [-0.3, -0.25) is 0 Å². The van der Waals surface area contributed by atoms with E-state index < -0.39 is 39.9 Å². The molecule has 0 saturated carbocycles. The second-order valence-electron chi connectivity index (χ2n) is 2.70. The number of alkyl halides is 5. The van der Waals surface area contributed by atoms with Crippen LogP contribution in [0.4, 0.5) is 22.0 Å². The molecule has 0 aromatic carbocycles. The van der Waals surface area contributed by atoms with Crippen LogP contribution in [0.2, 0.25) is 0 Å². The van der Waals surface area contributed by atoms with Crippen LogP contribution in [0.1, 0.15) is 6.42 Å². The van der Waals surface area contributed by atoms with Crippen LogP contribution in [-0.4, -0.2) is 32.0 Å². The molecule has 0 aliphatic rings. The summed E-state index contributed by atoms with van der Waals surface area (Å²) in [5.74, 6) is -7.48. The summed E-state index contributed by atoms with van der Waals surface area (Å²) in [6, 6.07) is 1.17. The summed E-state index contributed by atoms with van der Waals surface area (Å²) >= 11 is 0. The van der Waals surface area contributed by atoms with Crippen molar-refractivity contribution in [1.29, 1.82) is 5.26 Å². The summed E-state index contributed by atoms with van der Waals surface area (Å²) in [4.78, 5) is 0. The van der Waals surface area contributed by atoms with Crippen molar-refractivity contribution in [2.45, 2.75) is 18.5 Å². The van der Waals surface area contributed by atoms with E-state index in [1.165, 1.54) is 6.07 Å². The van der Waals surface area contributed by atoms with Crippen LogP contribution < -0.4 is 0 Å². The molecule has 0 N–H and O–H groups in total. The number of hydrogen-bond acceptors (Lipinski definition) is 3. The summed E-state index contributed by atoms with van der Waals surface area (Å²) < 4.78 is 80.6. The van der Waals surface area contributed by atoms with Gasteiger partial charge in [0.05, 0.1) is 11.8 Å². The molecule has 0 rings (SSSR count). The minimum absolute atomic E-state index is 1.07. The first-order valence-corrected chi connectivity index (χ1v) is 5.36. The van der Waals surface area contributed by atoms with Gasteiger partial charge in [0.15, 0.2) is 9.84 Å². The predicted octanol–water partition coefficient (Wildman–Crippen LogP) is 1.51. The van der Waals surface area contributed by atoms with Crippen LogP contribution in [0.15, 0.2) is 0 Å². The average molecular weight is 251 g/mol. The molecule has 9 heteroatoms. The first-order chi connectivity index (χ1) is 6.52. The fourth-order valence-electron chi connectivity index (χ4n) is 0.596. The van der Waals surface area contributed by atoms with Gasteiger partial charge in [0, 0.05) is 6.42 Å². The number of rotatable bonds is 4. The third-order valence-electron chi connectivity index (χ3n) is 1.43. The van der Waals surface area contributed by atoms with Crippen LogP contribution in [0.25, 0.3) is 0 Å². The highest BCUT2D eigenvalue weighted by Gasteiger charge is 2.57. The van der Waals surface area contributed by atoms with Gasteiger partial charge in [-0.05, 0) is 0 Å². The summed E-state index contributed by atoms with van der Waals surface area (Å²) in [6.07, 6.45) is -7.63. The summed E-state index contributed by atoms with van der Waals surface area (Å²) in [5, 5.41) is 7.95. The number of halogens is 5. The van der Waals surface area contributed by atoms with Gasteiger partial charge < -0.3 is 0 Å². The lowest BCUT2D eigenvalue weighted by molar-refractivity contribution is -0.282. The molecule has 0 aromatic rings. The minimum Gasteiger partial charge on any atom is -0.228 e. The normalized spacial score (nSPS) is 13.6.